The third-order valence-electron chi connectivity index (χ3n) is 2.56. The van der Waals surface area contributed by atoms with Gasteiger partial charge in [-0.1, -0.05) is 23.7 Å². The second-order valence-electron chi connectivity index (χ2n) is 3.94. The summed E-state index contributed by atoms with van der Waals surface area (Å²) in [5.41, 5.74) is 3.62. The number of nitrogens with one attached hydrogen (secondary N) is 1. The molecule has 0 saturated heterocycles. The highest BCUT2D eigenvalue weighted by molar-refractivity contribution is 14.1. The molecule has 2 rings (SSSR count). The Hall–Kier alpha value is -0.740. The molecule has 0 aromatic heterocycles. The maximum Gasteiger partial charge on any atom is 0.0409 e. The average molecular weight is 358 g/mol. The van der Waals surface area contributed by atoms with Crippen molar-refractivity contribution in [3.63, 3.8) is 0 Å². The highest BCUT2D eigenvalue weighted by Gasteiger charge is 1.99. The largest absolute Gasteiger partial charge is 0.381 e. The molecular weight excluding hydrogens is 345 g/mol. The molecule has 0 bridgehead atoms. The van der Waals surface area contributed by atoms with E-state index in [9.17, 15) is 0 Å². The molecule has 0 amide bonds. The van der Waals surface area contributed by atoms with Gasteiger partial charge in [-0.25, -0.2) is 0 Å². The third kappa shape index (κ3) is 3.61. The second kappa shape index (κ2) is 5.74. The van der Waals surface area contributed by atoms with Crippen LogP contribution >= 0.6 is 34.2 Å². The molecule has 0 atom stereocenters. The van der Waals surface area contributed by atoms with E-state index in [1.54, 1.807) is 0 Å². The first kappa shape index (κ1) is 12.7. The first-order valence-electron chi connectivity index (χ1n) is 5.39. The molecule has 0 aliphatic rings. The molecule has 0 saturated carbocycles. The zero-order chi connectivity index (χ0) is 12.3. The van der Waals surface area contributed by atoms with Crippen LogP contribution in [-0.4, -0.2) is 0 Å². The Kier molecular flexibility index (Phi) is 4.29. The Bertz CT molecular complexity index is 525. The molecule has 0 fully saturated rings. The summed E-state index contributed by atoms with van der Waals surface area (Å²) in [6, 6.07) is 14.3. The molecule has 0 spiro atoms. The number of hydrogen-bond acceptors (Lipinski definition) is 1. The minimum atomic E-state index is 0.781. The van der Waals surface area contributed by atoms with Gasteiger partial charge >= 0.3 is 0 Å². The van der Waals surface area contributed by atoms with Gasteiger partial charge in [0.1, 0.15) is 0 Å². The number of hydrogen-bond donors (Lipinski definition) is 1. The van der Waals surface area contributed by atoms with Crippen molar-refractivity contribution >= 4 is 39.9 Å². The number of rotatable bonds is 3. The lowest BCUT2D eigenvalue weighted by atomic mass is 10.2. The predicted octanol–water partition coefficient (Wildman–Crippen LogP) is 4.87. The van der Waals surface area contributed by atoms with Crippen molar-refractivity contribution in [2.45, 2.75) is 13.5 Å². The molecule has 0 aliphatic heterocycles. The molecule has 3 heteroatoms. The minimum Gasteiger partial charge on any atom is -0.381 e. The zero-order valence-corrected chi connectivity index (χ0v) is 12.4. The van der Waals surface area contributed by atoms with Crippen molar-refractivity contribution in [1.82, 2.24) is 0 Å². The highest BCUT2D eigenvalue weighted by Crippen LogP contribution is 2.19. The molecule has 17 heavy (non-hydrogen) atoms. The van der Waals surface area contributed by atoms with E-state index in [4.69, 9.17) is 11.6 Å². The number of anilines is 1. The Labute approximate surface area is 120 Å². The van der Waals surface area contributed by atoms with Gasteiger partial charge in [0.05, 0.1) is 0 Å². The van der Waals surface area contributed by atoms with Gasteiger partial charge in [-0.2, -0.15) is 0 Å². The molecule has 0 heterocycles. The second-order valence-corrected chi connectivity index (χ2v) is 5.62. The highest BCUT2D eigenvalue weighted by atomic mass is 127. The fourth-order valence-corrected chi connectivity index (χ4v) is 2.53. The molecule has 1 nitrogen and oxygen atoms in total. The van der Waals surface area contributed by atoms with Crippen molar-refractivity contribution in [2.24, 2.45) is 0 Å². The normalized spacial score (nSPS) is 10.3. The van der Waals surface area contributed by atoms with E-state index in [1.807, 2.05) is 18.2 Å². The van der Waals surface area contributed by atoms with Gasteiger partial charge in [-0.3, -0.25) is 0 Å². The Morgan fingerprint density at radius 1 is 1.18 bits per heavy atom. The molecule has 0 radical (unpaired) electrons. The monoisotopic (exact) mass is 357 g/mol. The maximum atomic E-state index is 5.95. The molecule has 2 aromatic rings. The average Bonchev–Trinajstić information content (AvgIpc) is 2.28. The lowest BCUT2D eigenvalue weighted by molar-refractivity contribution is 1.14. The van der Waals surface area contributed by atoms with Crippen molar-refractivity contribution in [1.29, 1.82) is 0 Å². The molecule has 0 aliphatic carbocycles. The Morgan fingerprint density at radius 2 is 2.00 bits per heavy atom. The van der Waals surface area contributed by atoms with Gasteiger partial charge in [0.2, 0.25) is 0 Å². The number of aryl methyl sites for hydroxylation is 1. The topological polar surface area (TPSA) is 12.0 Å². The Morgan fingerprint density at radius 3 is 2.71 bits per heavy atom. The summed E-state index contributed by atoms with van der Waals surface area (Å²) in [6.45, 7) is 2.91. The van der Waals surface area contributed by atoms with Crippen LogP contribution in [-0.2, 0) is 6.54 Å². The lowest BCUT2D eigenvalue weighted by Gasteiger charge is -2.10. The van der Waals surface area contributed by atoms with Gasteiger partial charge < -0.3 is 5.32 Å². The SMILES string of the molecule is Cc1cc(I)ccc1NCc1cccc(Cl)c1. The van der Waals surface area contributed by atoms with E-state index in [0.29, 0.717) is 0 Å². The van der Waals surface area contributed by atoms with Crippen LogP contribution in [0.4, 0.5) is 5.69 Å². The van der Waals surface area contributed by atoms with Crippen molar-refractivity contribution < 1.29 is 0 Å². The molecule has 88 valence electrons. The van der Waals surface area contributed by atoms with Crippen LogP contribution in [0.1, 0.15) is 11.1 Å². The first-order chi connectivity index (χ1) is 8.15. The lowest BCUT2D eigenvalue weighted by Crippen LogP contribution is -2.01. The summed E-state index contributed by atoms with van der Waals surface area (Å²) in [7, 11) is 0. The van der Waals surface area contributed by atoms with Crippen LogP contribution in [0.2, 0.25) is 5.02 Å². The summed E-state index contributed by atoms with van der Waals surface area (Å²) in [5.74, 6) is 0. The summed E-state index contributed by atoms with van der Waals surface area (Å²) < 4.78 is 1.26. The van der Waals surface area contributed by atoms with E-state index in [0.717, 1.165) is 11.6 Å². The van der Waals surface area contributed by atoms with E-state index in [1.165, 1.54) is 20.4 Å². The van der Waals surface area contributed by atoms with Crippen LogP contribution in [0.5, 0.6) is 0 Å². The summed E-state index contributed by atoms with van der Waals surface area (Å²) >= 11 is 8.27. The van der Waals surface area contributed by atoms with Gasteiger partial charge in [-0.15, -0.1) is 0 Å². The summed E-state index contributed by atoms with van der Waals surface area (Å²) in [6.07, 6.45) is 0. The maximum absolute atomic E-state index is 5.95. The fraction of sp³-hybridized carbons (Fsp3) is 0.143. The van der Waals surface area contributed by atoms with Gasteiger partial charge in [-0.05, 0) is 71.0 Å². The molecule has 0 unspecified atom stereocenters. The van der Waals surface area contributed by atoms with Gasteiger partial charge in [0, 0.05) is 20.8 Å². The smallest absolute Gasteiger partial charge is 0.0409 e. The van der Waals surface area contributed by atoms with Gasteiger partial charge in [0.25, 0.3) is 0 Å². The van der Waals surface area contributed by atoms with E-state index in [-0.39, 0.29) is 0 Å². The standard InChI is InChI=1S/C14H13ClIN/c1-10-7-13(16)5-6-14(10)17-9-11-3-2-4-12(15)8-11/h2-8,17H,9H2,1H3. The van der Waals surface area contributed by atoms with Crippen LogP contribution in [0.25, 0.3) is 0 Å². The van der Waals surface area contributed by atoms with E-state index in [2.05, 4.69) is 59.1 Å². The first-order valence-corrected chi connectivity index (χ1v) is 6.85. The van der Waals surface area contributed by atoms with E-state index < -0.39 is 0 Å². The Balaban J connectivity index is 2.07. The summed E-state index contributed by atoms with van der Waals surface area (Å²) in [4.78, 5) is 0. The zero-order valence-electron chi connectivity index (χ0n) is 9.50. The van der Waals surface area contributed by atoms with E-state index >= 15 is 0 Å². The van der Waals surface area contributed by atoms with Crippen molar-refractivity contribution in [3.05, 3.63) is 62.2 Å². The van der Waals surface area contributed by atoms with Crippen LogP contribution in [0.15, 0.2) is 42.5 Å². The molecule has 1 N–H and O–H groups in total. The minimum absolute atomic E-state index is 0.781. The fourth-order valence-electron chi connectivity index (χ4n) is 1.67. The van der Waals surface area contributed by atoms with Crippen molar-refractivity contribution in [3.8, 4) is 0 Å². The summed E-state index contributed by atoms with van der Waals surface area (Å²) in [5, 5.41) is 4.20. The molecular formula is C14H13ClIN. The van der Waals surface area contributed by atoms with Crippen LogP contribution in [0.3, 0.4) is 0 Å². The molecule has 2 aromatic carbocycles. The quantitative estimate of drug-likeness (QED) is 0.773. The van der Waals surface area contributed by atoms with Crippen molar-refractivity contribution in [2.75, 3.05) is 5.32 Å². The predicted molar refractivity (Wildman–Crippen MR) is 82.7 cm³/mol. The number of halogens is 2. The van der Waals surface area contributed by atoms with Crippen LogP contribution in [0, 0.1) is 10.5 Å². The third-order valence-corrected chi connectivity index (χ3v) is 3.47. The number of benzene rings is 2. The van der Waals surface area contributed by atoms with Gasteiger partial charge in [0.15, 0.2) is 0 Å². The van der Waals surface area contributed by atoms with Crippen LogP contribution < -0.4 is 5.32 Å².